The summed E-state index contributed by atoms with van der Waals surface area (Å²) < 4.78 is 64.5. The predicted octanol–water partition coefficient (Wildman–Crippen LogP) is 2.52. The number of ether oxygens (including phenoxy) is 2. The van der Waals surface area contributed by atoms with E-state index >= 15 is 0 Å². The average Bonchev–Trinajstić information content (AvgIpc) is 2.64. The van der Waals surface area contributed by atoms with Crippen molar-refractivity contribution in [2.45, 2.75) is 49.6 Å². The largest absolute Gasteiger partial charge is 0.490 e. The van der Waals surface area contributed by atoms with Gasteiger partial charge in [-0.2, -0.15) is 0 Å². The summed E-state index contributed by atoms with van der Waals surface area (Å²) in [6.45, 7) is 7.50. The van der Waals surface area contributed by atoms with E-state index in [1.54, 1.807) is 52.0 Å². The molecule has 30 heavy (non-hydrogen) atoms. The lowest BCUT2D eigenvalue weighted by molar-refractivity contribution is 0.217. The fourth-order valence-electron chi connectivity index (χ4n) is 2.51. The van der Waals surface area contributed by atoms with Crippen LogP contribution < -0.4 is 18.9 Å². The Morgan fingerprint density at radius 1 is 0.633 bits per heavy atom. The zero-order chi connectivity index (χ0) is 22.4. The Hall–Kier alpha value is -2.14. The Labute approximate surface area is 178 Å². The van der Waals surface area contributed by atoms with Gasteiger partial charge in [-0.05, 0) is 76.2 Å². The summed E-state index contributed by atoms with van der Waals surface area (Å²) in [7, 11) is -7.07. The van der Waals surface area contributed by atoms with Crippen LogP contribution >= 0.6 is 0 Å². The molecule has 0 atom stereocenters. The van der Waals surface area contributed by atoms with Gasteiger partial charge in [0.15, 0.2) is 0 Å². The summed E-state index contributed by atoms with van der Waals surface area (Å²) in [5.74, 6) is 1.03. The maximum atomic E-state index is 12.1. The number of nitrogens with one attached hydrogen (secondary N) is 2. The van der Waals surface area contributed by atoms with Crippen LogP contribution in [0, 0.1) is 0 Å². The number of rotatable bonds is 11. The lowest BCUT2D eigenvalue weighted by atomic mass is 10.3. The molecule has 0 aliphatic carbocycles. The summed E-state index contributed by atoms with van der Waals surface area (Å²) in [5, 5.41) is 0. The van der Waals surface area contributed by atoms with Crippen LogP contribution in [0.15, 0.2) is 58.3 Å². The van der Waals surface area contributed by atoms with Gasteiger partial charge < -0.3 is 9.47 Å². The third-order valence-electron chi connectivity index (χ3n) is 3.67. The van der Waals surface area contributed by atoms with E-state index in [0.717, 1.165) is 0 Å². The first-order valence-corrected chi connectivity index (χ1v) is 12.5. The van der Waals surface area contributed by atoms with Crippen molar-refractivity contribution in [3.63, 3.8) is 0 Å². The van der Waals surface area contributed by atoms with Crippen LogP contribution in [0.4, 0.5) is 0 Å². The molecule has 0 heterocycles. The minimum Gasteiger partial charge on any atom is -0.490 e. The van der Waals surface area contributed by atoms with Crippen LogP contribution in [0.5, 0.6) is 11.5 Å². The Balaban J connectivity index is 1.84. The van der Waals surface area contributed by atoms with Crippen LogP contribution in [0.25, 0.3) is 0 Å². The second-order valence-electron chi connectivity index (χ2n) is 7.19. The molecule has 2 rings (SSSR count). The van der Waals surface area contributed by atoms with Crippen molar-refractivity contribution in [3.8, 4) is 11.5 Å². The average molecular weight is 457 g/mol. The molecule has 0 radical (unpaired) electrons. The molecule has 2 N–H and O–H groups in total. The number of hydrogen-bond acceptors (Lipinski definition) is 6. The monoisotopic (exact) mass is 456 g/mol. The molecule has 0 aromatic heterocycles. The highest BCUT2D eigenvalue weighted by Crippen LogP contribution is 2.18. The Bertz CT molecular complexity index is 930. The Morgan fingerprint density at radius 2 is 0.933 bits per heavy atom. The first-order chi connectivity index (χ1) is 14.0. The van der Waals surface area contributed by atoms with Gasteiger partial charge in [-0.15, -0.1) is 0 Å². The normalized spacial score (nSPS) is 12.3. The number of sulfonamides is 2. The maximum Gasteiger partial charge on any atom is 0.240 e. The van der Waals surface area contributed by atoms with E-state index in [2.05, 4.69) is 9.44 Å². The van der Waals surface area contributed by atoms with Crippen molar-refractivity contribution >= 4 is 20.0 Å². The first kappa shape index (κ1) is 24.1. The molecule has 8 nitrogen and oxygen atoms in total. The molecule has 0 saturated heterocycles. The van der Waals surface area contributed by atoms with Gasteiger partial charge in [0.05, 0.1) is 9.79 Å². The molecule has 0 saturated carbocycles. The summed E-state index contributed by atoms with van der Waals surface area (Å²) in [6.07, 6.45) is 0. The maximum absolute atomic E-state index is 12.1. The molecule has 0 fully saturated rings. The molecular formula is C20H28N2O6S2. The van der Waals surface area contributed by atoms with E-state index in [-0.39, 0.29) is 35.1 Å². The molecule has 10 heteroatoms. The Morgan fingerprint density at radius 3 is 1.20 bits per heavy atom. The van der Waals surface area contributed by atoms with E-state index in [9.17, 15) is 16.8 Å². The highest BCUT2D eigenvalue weighted by Gasteiger charge is 2.16. The summed E-state index contributed by atoms with van der Waals surface area (Å²) in [6, 6.07) is 11.8. The topological polar surface area (TPSA) is 111 Å². The fraction of sp³-hybridized carbons (Fsp3) is 0.400. The second kappa shape index (κ2) is 10.3. The molecule has 0 bridgehead atoms. The highest BCUT2D eigenvalue weighted by molar-refractivity contribution is 7.89. The van der Waals surface area contributed by atoms with E-state index in [1.807, 2.05) is 0 Å². The van der Waals surface area contributed by atoms with Gasteiger partial charge in [-0.25, -0.2) is 26.3 Å². The number of benzene rings is 2. The molecule has 2 aromatic carbocycles. The molecule has 2 aromatic rings. The van der Waals surface area contributed by atoms with E-state index in [4.69, 9.17) is 9.47 Å². The molecule has 0 spiro atoms. The highest BCUT2D eigenvalue weighted by atomic mass is 32.2. The molecule has 0 unspecified atom stereocenters. The minimum atomic E-state index is -3.54. The van der Waals surface area contributed by atoms with Gasteiger partial charge in [-0.3, -0.25) is 0 Å². The van der Waals surface area contributed by atoms with Crippen molar-refractivity contribution in [3.05, 3.63) is 48.5 Å². The molecule has 166 valence electrons. The third-order valence-corrected chi connectivity index (χ3v) is 7.02. The molecule has 0 amide bonds. The fourth-order valence-corrected chi connectivity index (χ4v) is 5.01. The minimum absolute atomic E-state index is 0.168. The summed E-state index contributed by atoms with van der Waals surface area (Å²) in [5.41, 5.74) is 0. The van der Waals surface area contributed by atoms with Crippen LogP contribution in [0.3, 0.4) is 0 Å². The SMILES string of the molecule is CC(C)NS(=O)(=O)c1ccc(OCCOc2ccc(S(=O)(=O)NC(C)C)cc2)cc1. The predicted molar refractivity (Wildman–Crippen MR) is 115 cm³/mol. The van der Waals surface area contributed by atoms with Crippen molar-refractivity contribution in [2.24, 2.45) is 0 Å². The van der Waals surface area contributed by atoms with Gasteiger partial charge >= 0.3 is 0 Å². The standard InChI is InChI=1S/C20H28N2O6S2/c1-15(2)21-29(23,24)19-9-5-17(6-10-19)27-13-14-28-18-7-11-20(12-8-18)30(25,26)22-16(3)4/h5-12,15-16,21-22H,13-14H2,1-4H3. The van der Waals surface area contributed by atoms with Gasteiger partial charge in [0.1, 0.15) is 24.7 Å². The lowest BCUT2D eigenvalue weighted by Crippen LogP contribution is -2.30. The van der Waals surface area contributed by atoms with Crippen LogP contribution in [0.1, 0.15) is 27.7 Å². The van der Waals surface area contributed by atoms with Crippen LogP contribution in [-0.4, -0.2) is 42.1 Å². The lowest BCUT2D eigenvalue weighted by Gasteiger charge is -2.12. The van der Waals surface area contributed by atoms with E-state index in [1.165, 1.54) is 24.3 Å². The van der Waals surface area contributed by atoms with Gasteiger partial charge in [-0.1, -0.05) is 0 Å². The van der Waals surface area contributed by atoms with Gasteiger partial charge in [0.25, 0.3) is 0 Å². The van der Waals surface area contributed by atoms with Gasteiger partial charge in [0, 0.05) is 12.1 Å². The quantitative estimate of drug-likeness (QED) is 0.503. The first-order valence-electron chi connectivity index (χ1n) is 9.50. The smallest absolute Gasteiger partial charge is 0.240 e. The molecule has 0 aliphatic rings. The Kier molecular flexibility index (Phi) is 8.25. The zero-order valence-corrected chi connectivity index (χ0v) is 19.1. The number of hydrogen-bond donors (Lipinski definition) is 2. The van der Waals surface area contributed by atoms with Crippen molar-refractivity contribution in [1.29, 1.82) is 0 Å². The van der Waals surface area contributed by atoms with Crippen molar-refractivity contribution in [1.82, 2.24) is 9.44 Å². The van der Waals surface area contributed by atoms with Crippen LogP contribution in [0.2, 0.25) is 0 Å². The molecule has 0 aliphatic heterocycles. The molecular weight excluding hydrogens is 428 g/mol. The van der Waals surface area contributed by atoms with Gasteiger partial charge in [0.2, 0.25) is 20.0 Å². The van der Waals surface area contributed by atoms with Crippen molar-refractivity contribution in [2.75, 3.05) is 13.2 Å². The zero-order valence-electron chi connectivity index (χ0n) is 17.5. The summed E-state index contributed by atoms with van der Waals surface area (Å²) in [4.78, 5) is 0.337. The van der Waals surface area contributed by atoms with E-state index < -0.39 is 20.0 Å². The third kappa shape index (κ3) is 7.28. The summed E-state index contributed by atoms with van der Waals surface area (Å²) >= 11 is 0. The van der Waals surface area contributed by atoms with Crippen molar-refractivity contribution < 1.29 is 26.3 Å². The van der Waals surface area contributed by atoms with E-state index in [0.29, 0.717) is 11.5 Å². The van der Waals surface area contributed by atoms with Crippen LogP contribution in [-0.2, 0) is 20.0 Å². The second-order valence-corrected chi connectivity index (χ2v) is 10.6.